The van der Waals surface area contributed by atoms with E-state index in [1.54, 1.807) is 30.8 Å². The van der Waals surface area contributed by atoms with Gasteiger partial charge in [0, 0.05) is 29.9 Å². The van der Waals surface area contributed by atoms with Crippen LogP contribution < -0.4 is 4.74 Å². The summed E-state index contributed by atoms with van der Waals surface area (Å²) in [6.45, 7) is 0.807. The van der Waals surface area contributed by atoms with Crippen LogP contribution in [0.3, 0.4) is 0 Å². The topological polar surface area (TPSA) is 55.3 Å². The van der Waals surface area contributed by atoms with E-state index >= 15 is 0 Å². The van der Waals surface area contributed by atoms with E-state index in [4.69, 9.17) is 4.74 Å². The second-order valence-electron chi connectivity index (χ2n) is 6.57. The Morgan fingerprint density at radius 2 is 2.00 bits per heavy atom. The molecule has 27 heavy (non-hydrogen) atoms. The van der Waals surface area contributed by atoms with Crippen molar-refractivity contribution in [3.05, 3.63) is 65.4 Å². The van der Waals surface area contributed by atoms with Gasteiger partial charge in [-0.3, -0.25) is 9.78 Å². The Morgan fingerprint density at radius 3 is 2.74 bits per heavy atom. The number of nitrogens with zero attached hydrogens (tertiary/aromatic N) is 3. The van der Waals surface area contributed by atoms with Crippen LogP contribution in [0.25, 0.3) is 10.6 Å². The third-order valence-corrected chi connectivity index (χ3v) is 5.83. The molecule has 1 fully saturated rings. The number of aromatic nitrogens is 2. The van der Waals surface area contributed by atoms with E-state index in [2.05, 4.69) is 9.97 Å². The quantitative estimate of drug-likeness (QED) is 0.669. The van der Waals surface area contributed by atoms with Crippen LogP contribution in [0.4, 0.5) is 0 Å². The van der Waals surface area contributed by atoms with Gasteiger partial charge in [-0.1, -0.05) is 0 Å². The average molecular weight is 379 g/mol. The van der Waals surface area contributed by atoms with Crippen molar-refractivity contribution in [3.8, 4) is 16.3 Å². The zero-order chi connectivity index (χ0) is 18.6. The van der Waals surface area contributed by atoms with Gasteiger partial charge in [0.2, 0.25) is 5.91 Å². The molecule has 0 bridgehead atoms. The number of hydrogen-bond donors (Lipinski definition) is 0. The molecule has 0 radical (unpaired) electrons. The first-order valence-corrected chi connectivity index (χ1v) is 9.91. The number of amides is 1. The summed E-state index contributed by atoms with van der Waals surface area (Å²) in [7, 11) is 1.65. The lowest BCUT2D eigenvalue weighted by Crippen LogP contribution is -2.31. The molecular formula is C21H21N3O2S. The first kappa shape index (κ1) is 17.7. The van der Waals surface area contributed by atoms with Gasteiger partial charge in [-0.25, -0.2) is 4.98 Å². The minimum absolute atomic E-state index is 0.140. The molecule has 4 rings (SSSR count). The minimum Gasteiger partial charge on any atom is -0.497 e. The molecule has 1 atom stereocenters. The monoisotopic (exact) mass is 379 g/mol. The number of likely N-dealkylation sites (tertiary alicyclic amines) is 1. The van der Waals surface area contributed by atoms with Crippen LogP contribution in [0.15, 0.2) is 54.2 Å². The molecule has 0 N–H and O–H groups in total. The lowest BCUT2D eigenvalue weighted by atomic mass is 10.1. The molecule has 3 heterocycles. The summed E-state index contributed by atoms with van der Waals surface area (Å²) in [5.74, 6) is 0.961. The first-order chi connectivity index (χ1) is 13.2. The van der Waals surface area contributed by atoms with Crippen LogP contribution in [0.2, 0.25) is 0 Å². The number of benzene rings is 1. The highest BCUT2D eigenvalue weighted by atomic mass is 32.1. The van der Waals surface area contributed by atoms with Crippen LogP contribution in [-0.4, -0.2) is 34.4 Å². The predicted molar refractivity (Wildman–Crippen MR) is 106 cm³/mol. The van der Waals surface area contributed by atoms with Gasteiger partial charge in [0.25, 0.3) is 0 Å². The number of thiazole rings is 1. The van der Waals surface area contributed by atoms with Crippen LogP contribution in [0, 0.1) is 0 Å². The number of rotatable bonds is 5. The Balaban J connectivity index is 1.46. The van der Waals surface area contributed by atoms with Gasteiger partial charge < -0.3 is 9.64 Å². The van der Waals surface area contributed by atoms with E-state index < -0.39 is 0 Å². The Bertz CT molecular complexity index is 909. The van der Waals surface area contributed by atoms with E-state index in [0.717, 1.165) is 47.0 Å². The predicted octanol–water partition coefficient (Wildman–Crippen LogP) is 4.12. The summed E-state index contributed by atoms with van der Waals surface area (Å²) in [6, 6.07) is 12.0. The first-order valence-electron chi connectivity index (χ1n) is 9.03. The smallest absolute Gasteiger partial charge is 0.229 e. The highest BCUT2D eigenvalue weighted by molar-refractivity contribution is 7.13. The number of hydrogen-bond acceptors (Lipinski definition) is 5. The van der Waals surface area contributed by atoms with Crippen LogP contribution in [0.1, 0.15) is 30.1 Å². The molecule has 138 valence electrons. The molecule has 1 saturated heterocycles. The van der Waals surface area contributed by atoms with Crippen molar-refractivity contribution >= 4 is 17.2 Å². The van der Waals surface area contributed by atoms with Crippen molar-refractivity contribution in [2.75, 3.05) is 13.7 Å². The molecule has 5 nitrogen and oxygen atoms in total. The van der Waals surface area contributed by atoms with Gasteiger partial charge in [-0.15, -0.1) is 11.3 Å². The molecule has 2 aromatic heterocycles. The third-order valence-electron chi connectivity index (χ3n) is 4.89. The Labute approximate surface area is 162 Å². The van der Waals surface area contributed by atoms with E-state index in [-0.39, 0.29) is 11.9 Å². The second kappa shape index (κ2) is 7.88. The fourth-order valence-corrected chi connectivity index (χ4v) is 4.33. The van der Waals surface area contributed by atoms with Crippen LogP contribution in [0.5, 0.6) is 5.75 Å². The van der Waals surface area contributed by atoms with Gasteiger partial charge in [0.1, 0.15) is 10.8 Å². The number of carbonyl (C=O) groups is 1. The standard InChI is InChI=1S/C21H21N3O2S/c1-26-18-6-4-16(5-7-18)21-23-17(14-27-21)13-20(25)24-12-2-3-19(24)15-8-10-22-11-9-15/h4-11,14,19H,2-3,12-13H2,1H3/t19-/m1/s1. The van der Waals surface area contributed by atoms with Crippen molar-refractivity contribution in [3.63, 3.8) is 0 Å². The lowest BCUT2D eigenvalue weighted by Gasteiger charge is -2.24. The van der Waals surface area contributed by atoms with E-state index in [1.807, 2.05) is 46.7 Å². The highest BCUT2D eigenvalue weighted by Crippen LogP contribution is 2.32. The largest absolute Gasteiger partial charge is 0.497 e. The molecule has 0 saturated carbocycles. The third kappa shape index (κ3) is 3.85. The molecule has 0 unspecified atom stereocenters. The fraction of sp³-hybridized carbons (Fsp3) is 0.286. The summed E-state index contributed by atoms with van der Waals surface area (Å²) in [4.78, 5) is 23.6. The van der Waals surface area contributed by atoms with Gasteiger partial charge in [0.05, 0.1) is 25.3 Å². The van der Waals surface area contributed by atoms with Gasteiger partial charge in [-0.05, 0) is 54.8 Å². The zero-order valence-corrected chi connectivity index (χ0v) is 16.0. The number of carbonyl (C=O) groups excluding carboxylic acids is 1. The summed E-state index contributed by atoms with van der Waals surface area (Å²) in [5.41, 5.74) is 3.03. The normalized spacial score (nSPS) is 16.5. The summed E-state index contributed by atoms with van der Waals surface area (Å²) >= 11 is 1.57. The number of ether oxygens (including phenoxy) is 1. The maximum Gasteiger partial charge on any atom is 0.229 e. The molecule has 0 spiro atoms. The van der Waals surface area contributed by atoms with E-state index in [1.165, 1.54) is 0 Å². The van der Waals surface area contributed by atoms with Crippen molar-refractivity contribution in [2.45, 2.75) is 25.3 Å². The van der Waals surface area contributed by atoms with Gasteiger partial charge in [0.15, 0.2) is 0 Å². The minimum atomic E-state index is 0.140. The molecular weight excluding hydrogens is 358 g/mol. The van der Waals surface area contributed by atoms with Crippen molar-refractivity contribution in [1.82, 2.24) is 14.9 Å². The zero-order valence-electron chi connectivity index (χ0n) is 15.2. The van der Waals surface area contributed by atoms with Crippen LogP contribution in [-0.2, 0) is 11.2 Å². The summed E-state index contributed by atoms with van der Waals surface area (Å²) in [6.07, 6.45) is 5.96. The molecule has 3 aromatic rings. The summed E-state index contributed by atoms with van der Waals surface area (Å²) < 4.78 is 5.20. The van der Waals surface area contributed by atoms with Crippen LogP contribution >= 0.6 is 11.3 Å². The molecule has 0 aliphatic carbocycles. The Kier molecular flexibility index (Phi) is 5.16. The number of methoxy groups -OCH3 is 1. The maximum atomic E-state index is 12.9. The maximum absolute atomic E-state index is 12.9. The second-order valence-corrected chi connectivity index (χ2v) is 7.43. The fourth-order valence-electron chi connectivity index (χ4n) is 3.51. The summed E-state index contributed by atoms with van der Waals surface area (Å²) in [5, 5.41) is 2.90. The average Bonchev–Trinajstić information content (AvgIpc) is 3.38. The van der Waals surface area contributed by atoms with Crippen molar-refractivity contribution in [2.24, 2.45) is 0 Å². The van der Waals surface area contributed by atoms with Crippen molar-refractivity contribution < 1.29 is 9.53 Å². The highest BCUT2D eigenvalue weighted by Gasteiger charge is 2.30. The SMILES string of the molecule is COc1ccc(-c2nc(CC(=O)N3CCC[C@@H]3c3ccncc3)cs2)cc1. The van der Waals surface area contributed by atoms with Gasteiger partial charge in [-0.2, -0.15) is 0 Å². The van der Waals surface area contributed by atoms with E-state index in [0.29, 0.717) is 6.42 Å². The molecule has 6 heteroatoms. The Hall–Kier alpha value is -2.73. The van der Waals surface area contributed by atoms with Crippen molar-refractivity contribution in [1.29, 1.82) is 0 Å². The lowest BCUT2D eigenvalue weighted by molar-refractivity contribution is -0.131. The van der Waals surface area contributed by atoms with E-state index in [9.17, 15) is 4.79 Å². The van der Waals surface area contributed by atoms with Gasteiger partial charge >= 0.3 is 0 Å². The molecule has 1 aliphatic rings. The Morgan fingerprint density at radius 1 is 1.22 bits per heavy atom. The molecule has 1 aliphatic heterocycles. The molecule has 1 aromatic carbocycles. The molecule has 1 amide bonds. The number of pyridine rings is 1.